The largest absolute Gasteiger partial charge is 0.504 e. The first-order valence-electron chi connectivity index (χ1n) is 14.0. The zero-order chi connectivity index (χ0) is 37.6. The van der Waals surface area contributed by atoms with Gasteiger partial charge in [-0.3, -0.25) is 33.9 Å². The third kappa shape index (κ3) is 6.97. The number of aromatic hydroxyl groups is 2. The van der Waals surface area contributed by atoms with E-state index in [0.717, 1.165) is 48.0 Å². The Morgan fingerprint density at radius 1 is 1.14 bits per heavy atom. The molecule has 1 unspecified atom stereocenters. The smallest absolute Gasteiger partial charge is 0.353 e. The van der Waals surface area contributed by atoms with E-state index in [-0.39, 0.29) is 20.8 Å². The summed E-state index contributed by atoms with van der Waals surface area (Å²) in [5.41, 5.74) is 3.36. The summed E-state index contributed by atoms with van der Waals surface area (Å²) >= 11 is 0.919. The van der Waals surface area contributed by atoms with Crippen LogP contribution < -0.4 is 26.8 Å². The van der Waals surface area contributed by atoms with Gasteiger partial charge in [-0.25, -0.2) is 38.4 Å². The molecule has 0 aliphatic carbocycles. The van der Waals surface area contributed by atoms with Crippen LogP contribution in [0.5, 0.6) is 11.5 Å². The van der Waals surface area contributed by atoms with Crippen molar-refractivity contribution in [2.75, 3.05) is 25.4 Å². The van der Waals surface area contributed by atoms with Crippen molar-refractivity contribution in [2.24, 2.45) is 5.16 Å². The molecule has 2 aliphatic rings. The van der Waals surface area contributed by atoms with Gasteiger partial charge < -0.3 is 31.2 Å². The number of urea groups is 2. The second-order valence-corrected chi connectivity index (χ2v) is 13.5. The number of aromatic nitrogens is 3. The van der Waals surface area contributed by atoms with Crippen molar-refractivity contribution in [1.82, 2.24) is 44.0 Å². The highest BCUT2D eigenvalue weighted by molar-refractivity contribution is 7.88. The Balaban J connectivity index is 1.19. The first-order valence-corrected chi connectivity index (χ1v) is 16.4. The molecule has 2 aliphatic heterocycles. The van der Waals surface area contributed by atoms with Crippen LogP contribution in [0.1, 0.15) is 29.9 Å². The van der Waals surface area contributed by atoms with E-state index in [1.165, 1.54) is 5.38 Å². The monoisotopic (exact) mass is 751 g/mol. The lowest BCUT2D eigenvalue weighted by molar-refractivity contribution is -0.161. The number of amides is 7. The molecule has 3 aromatic heterocycles. The zero-order valence-corrected chi connectivity index (χ0v) is 27.6. The lowest BCUT2D eigenvalue weighted by Crippen LogP contribution is -2.68. The van der Waals surface area contributed by atoms with Crippen molar-refractivity contribution in [1.29, 1.82) is 0 Å². The van der Waals surface area contributed by atoms with Crippen molar-refractivity contribution in [3.05, 3.63) is 45.5 Å². The van der Waals surface area contributed by atoms with Crippen LogP contribution in [-0.4, -0.2) is 125 Å². The van der Waals surface area contributed by atoms with Crippen LogP contribution in [0.15, 0.2) is 33.8 Å². The summed E-state index contributed by atoms with van der Waals surface area (Å²) < 4.78 is 28.3. The fourth-order valence-corrected chi connectivity index (χ4v) is 5.86. The number of thiazole rings is 1. The second-order valence-electron chi connectivity index (χ2n) is 11.0. The number of carbonyl (C=O) groups is 6. The number of β-lactam (4-membered cyclic amide) rings is 1. The molecule has 1 atom stereocenters. The van der Waals surface area contributed by atoms with Crippen LogP contribution in [0.3, 0.4) is 0 Å². The molecular formula is C25H25N11O13S2. The number of imide groups is 1. The highest BCUT2D eigenvalue weighted by atomic mass is 32.2. The van der Waals surface area contributed by atoms with E-state index >= 15 is 0 Å². The number of likely N-dealkylation sites (tertiary alicyclic amines) is 1. The number of nitrogen functional groups attached to an aromatic ring is 1. The van der Waals surface area contributed by atoms with E-state index in [2.05, 4.69) is 25.9 Å². The first-order chi connectivity index (χ1) is 23.8. The zero-order valence-electron chi connectivity index (χ0n) is 26.0. The van der Waals surface area contributed by atoms with E-state index in [4.69, 9.17) is 10.6 Å². The van der Waals surface area contributed by atoms with Crippen molar-refractivity contribution in [2.45, 2.75) is 25.5 Å². The molecule has 51 heavy (non-hydrogen) atoms. The van der Waals surface area contributed by atoms with Crippen LogP contribution >= 0.6 is 11.3 Å². The Labute approximate surface area is 287 Å². The van der Waals surface area contributed by atoms with Crippen LogP contribution in [0.2, 0.25) is 0 Å². The lowest BCUT2D eigenvalue weighted by Gasteiger charge is -2.36. The van der Waals surface area contributed by atoms with Gasteiger partial charge in [-0.1, -0.05) is 5.16 Å². The molecule has 0 aromatic carbocycles. The molecular weight excluding hydrogens is 726 g/mol. The normalized spacial score (nSPS) is 16.5. The average Bonchev–Trinajstić information content (AvgIpc) is 3.64. The Bertz CT molecular complexity index is 2220. The molecule has 3 aromatic rings. The standard InChI is InChI=1S/C25H25N11O13S2/c1-25(2,21(43)44)49-31-16(12-9-50-22(26)29-12)18(40)28-11-7-34(20(11)42)23(45)32-51(47,48)36-4-3-35(24(36)46)30-17(39)10-6-27-15-5-13(37)14(38)8-33(15)19(10)41/h5-6,8-9,11,37-38H,3-4,7H2,1-2H3,(H2,26,29)(H,28,40)(H,30,39)(H,32,45)(H,43,44). The number of nitrogens with one attached hydrogen (secondary N) is 3. The molecule has 270 valence electrons. The number of oxime groups is 1. The second kappa shape index (κ2) is 13.0. The number of nitrogens with two attached hydrogens (primary N) is 1. The molecule has 2 saturated heterocycles. The Morgan fingerprint density at radius 3 is 2.47 bits per heavy atom. The summed E-state index contributed by atoms with van der Waals surface area (Å²) in [6.45, 7) is 0.751. The number of carboxylic acid groups (broad SMARTS) is 1. The molecule has 24 nitrogen and oxygen atoms in total. The molecule has 5 heterocycles. The van der Waals surface area contributed by atoms with Crippen LogP contribution in [0.4, 0.5) is 14.7 Å². The number of aliphatic carboxylic acids is 1. The summed E-state index contributed by atoms with van der Waals surface area (Å²) in [4.78, 5) is 101. The fourth-order valence-electron chi connectivity index (χ4n) is 4.24. The minimum Gasteiger partial charge on any atom is -0.504 e. The Kier molecular flexibility index (Phi) is 9.14. The van der Waals surface area contributed by atoms with Crippen molar-refractivity contribution in [3.63, 3.8) is 0 Å². The van der Waals surface area contributed by atoms with E-state index in [1.54, 1.807) is 4.72 Å². The van der Waals surface area contributed by atoms with Crippen molar-refractivity contribution < 1.29 is 57.3 Å². The summed E-state index contributed by atoms with van der Waals surface area (Å²) in [6, 6.07) is -3.25. The molecule has 26 heteroatoms. The Hall–Kier alpha value is -6.57. The molecule has 0 spiro atoms. The molecule has 5 rings (SSSR count). The fraction of sp³-hybridized carbons (Fsp3) is 0.280. The maximum absolute atomic E-state index is 13.0. The van der Waals surface area contributed by atoms with Gasteiger partial charge in [-0.05, 0) is 13.8 Å². The molecule has 2 fully saturated rings. The number of carboxylic acids is 1. The van der Waals surface area contributed by atoms with Gasteiger partial charge in [0.05, 0.1) is 25.8 Å². The predicted octanol–water partition coefficient (Wildman–Crippen LogP) is -2.91. The molecule has 0 bridgehead atoms. The van der Waals surface area contributed by atoms with E-state index in [0.29, 0.717) is 9.91 Å². The topological polar surface area (TPSA) is 338 Å². The number of hydrazine groups is 1. The number of anilines is 1. The summed E-state index contributed by atoms with van der Waals surface area (Å²) in [5.74, 6) is -6.01. The van der Waals surface area contributed by atoms with Gasteiger partial charge in [0.15, 0.2) is 22.3 Å². The molecule has 0 saturated carbocycles. The average molecular weight is 752 g/mol. The molecule has 7 amide bonds. The number of fused-ring (bicyclic) bond motifs is 1. The van der Waals surface area contributed by atoms with Crippen molar-refractivity contribution >= 4 is 73.8 Å². The number of hydrogen-bond acceptors (Lipinski definition) is 17. The number of pyridine rings is 1. The first kappa shape index (κ1) is 35.7. The van der Waals surface area contributed by atoms with Gasteiger partial charge in [0.2, 0.25) is 5.60 Å². The Morgan fingerprint density at radius 2 is 1.84 bits per heavy atom. The van der Waals surface area contributed by atoms with Gasteiger partial charge in [-0.15, -0.1) is 11.3 Å². The number of rotatable bonds is 10. The SMILES string of the molecule is CC(C)(ON=C(C(=O)NC1CN(C(=O)NS(=O)(=O)N2CCN(NC(=O)c3cnc4cc(O)c(O)cn4c3=O)C2=O)C1=O)c1csc(N)n1)C(=O)O. The minimum absolute atomic E-state index is 0.0242. The van der Waals surface area contributed by atoms with Gasteiger partial charge in [0.1, 0.15) is 22.9 Å². The molecule has 0 radical (unpaired) electrons. The summed E-state index contributed by atoms with van der Waals surface area (Å²) in [6.07, 6.45) is 1.63. The van der Waals surface area contributed by atoms with E-state index in [9.17, 15) is 57.3 Å². The minimum atomic E-state index is -4.97. The van der Waals surface area contributed by atoms with E-state index < -0.39 is 106 Å². The molecule has 8 N–H and O–H groups in total. The van der Waals surface area contributed by atoms with Gasteiger partial charge in [0.25, 0.3) is 23.3 Å². The number of nitrogens with zero attached hydrogens (tertiary/aromatic N) is 7. The number of carbonyl (C=O) groups excluding carboxylic acids is 5. The van der Waals surface area contributed by atoms with Gasteiger partial charge >= 0.3 is 28.2 Å². The summed E-state index contributed by atoms with van der Waals surface area (Å²) in [7, 11) is -4.97. The number of hydrogen-bond donors (Lipinski definition) is 7. The van der Waals surface area contributed by atoms with E-state index in [1.807, 2.05) is 0 Å². The quantitative estimate of drug-likeness (QED) is 0.0620. The maximum atomic E-state index is 13.0. The predicted molar refractivity (Wildman–Crippen MR) is 168 cm³/mol. The van der Waals surface area contributed by atoms with Crippen LogP contribution in [-0.2, 0) is 29.4 Å². The third-order valence-electron chi connectivity index (χ3n) is 7.10. The van der Waals surface area contributed by atoms with Crippen molar-refractivity contribution in [3.8, 4) is 11.5 Å². The highest BCUT2D eigenvalue weighted by Crippen LogP contribution is 2.24. The van der Waals surface area contributed by atoms with Gasteiger partial charge in [0, 0.05) is 17.6 Å². The van der Waals surface area contributed by atoms with Crippen LogP contribution in [0.25, 0.3) is 5.65 Å². The van der Waals surface area contributed by atoms with Gasteiger partial charge in [-0.2, -0.15) is 8.42 Å². The highest BCUT2D eigenvalue weighted by Gasteiger charge is 2.46. The lowest BCUT2D eigenvalue weighted by atomic mass is 10.1. The summed E-state index contributed by atoms with van der Waals surface area (Å²) in [5, 5.41) is 36.2. The maximum Gasteiger partial charge on any atom is 0.353 e. The van der Waals surface area contributed by atoms with Crippen LogP contribution in [0, 0.1) is 0 Å². The third-order valence-corrected chi connectivity index (χ3v) is 9.13.